The van der Waals surface area contributed by atoms with Gasteiger partial charge in [0.15, 0.2) is 5.13 Å². The Morgan fingerprint density at radius 1 is 1.37 bits per heavy atom. The molecule has 10 heteroatoms. The Balaban J connectivity index is 1.42. The smallest absolute Gasteiger partial charge is 0.324 e. The van der Waals surface area contributed by atoms with Crippen LogP contribution in [0.3, 0.4) is 0 Å². The van der Waals surface area contributed by atoms with Crippen molar-refractivity contribution in [3.8, 4) is 0 Å². The van der Waals surface area contributed by atoms with E-state index in [4.69, 9.17) is 4.74 Å². The van der Waals surface area contributed by atoms with Crippen LogP contribution in [0.4, 0.5) is 14.3 Å². The molecule has 3 aromatic rings. The number of halogens is 1. The van der Waals surface area contributed by atoms with Gasteiger partial charge in [0.2, 0.25) is 0 Å². The number of nitrogens with one attached hydrogen (secondary N) is 2. The number of morpholine rings is 1. The predicted octanol–water partition coefficient (Wildman–Crippen LogP) is 2.60. The van der Waals surface area contributed by atoms with Gasteiger partial charge >= 0.3 is 6.03 Å². The maximum Gasteiger partial charge on any atom is 0.324 e. The van der Waals surface area contributed by atoms with Gasteiger partial charge in [-0.1, -0.05) is 12.1 Å². The molecular formula is C17H17FN6O2S. The molecule has 4 rings (SSSR count). The number of aromatic nitrogens is 4. The van der Waals surface area contributed by atoms with Gasteiger partial charge in [0.25, 0.3) is 0 Å². The number of nitrogens with zero attached hydrogens (tertiary/aromatic N) is 4. The molecule has 27 heavy (non-hydrogen) atoms. The number of hydrogen-bond acceptors (Lipinski definition) is 6. The third kappa shape index (κ3) is 4.12. The number of amides is 2. The Morgan fingerprint density at radius 3 is 3.00 bits per heavy atom. The summed E-state index contributed by atoms with van der Waals surface area (Å²) in [5.74, 6) is 0.323. The molecule has 0 aliphatic carbocycles. The molecule has 2 aromatic heterocycles. The number of urea groups is 1. The van der Waals surface area contributed by atoms with Crippen molar-refractivity contribution in [1.29, 1.82) is 0 Å². The highest BCUT2D eigenvalue weighted by molar-refractivity contribution is 7.15. The summed E-state index contributed by atoms with van der Waals surface area (Å²) < 4.78 is 18.5. The van der Waals surface area contributed by atoms with Crippen LogP contribution in [0.1, 0.15) is 22.3 Å². The van der Waals surface area contributed by atoms with Crippen LogP contribution in [0.2, 0.25) is 0 Å². The van der Waals surface area contributed by atoms with Crippen LogP contribution in [0.15, 0.2) is 36.8 Å². The maximum absolute atomic E-state index is 13.0. The summed E-state index contributed by atoms with van der Waals surface area (Å²) >= 11 is 1.39. The lowest BCUT2D eigenvalue weighted by molar-refractivity contribution is 0.0118. The van der Waals surface area contributed by atoms with E-state index >= 15 is 0 Å². The fraction of sp³-hybridized carbons (Fsp3) is 0.294. The second-order valence-corrected chi connectivity index (χ2v) is 7.14. The fourth-order valence-corrected chi connectivity index (χ4v) is 3.70. The molecular weight excluding hydrogens is 371 g/mol. The number of benzene rings is 1. The van der Waals surface area contributed by atoms with Crippen molar-refractivity contribution in [2.75, 3.05) is 25.1 Å². The van der Waals surface area contributed by atoms with Gasteiger partial charge in [-0.3, -0.25) is 10.4 Å². The lowest BCUT2D eigenvalue weighted by atomic mass is 10.1. The summed E-state index contributed by atoms with van der Waals surface area (Å²) in [6.45, 7) is 1.27. The molecule has 1 saturated heterocycles. The first-order chi connectivity index (χ1) is 13.2. The van der Waals surface area contributed by atoms with E-state index < -0.39 is 0 Å². The SMILES string of the molecule is O=C(Nc1ncc(Cc2ccc(F)cc2)s1)N1CCOCC1c1ncn[nH]1. The largest absolute Gasteiger partial charge is 0.377 e. The molecule has 1 unspecified atom stereocenters. The molecule has 1 aromatic carbocycles. The van der Waals surface area contributed by atoms with Gasteiger partial charge in [-0.25, -0.2) is 19.2 Å². The molecule has 2 N–H and O–H groups in total. The highest BCUT2D eigenvalue weighted by Gasteiger charge is 2.31. The van der Waals surface area contributed by atoms with Crippen LogP contribution in [-0.2, 0) is 11.2 Å². The van der Waals surface area contributed by atoms with Crippen molar-refractivity contribution in [2.45, 2.75) is 12.5 Å². The Morgan fingerprint density at radius 2 is 2.22 bits per heavy atom. The van der Waals surface area contributed by atoms with Crippen LogP contribution in [-0.4, -0.2) is 50.9 Å². The maximum atomic E-state index is 13.0. The van der Waals surface area contributed by atoms with Gasteiger partial charge in [-0.2, -0.15) is 5.10 Å². The summed E-state index contributed by atoms with van der Waals surface area (Å²) in [5, 5.41) is 9.98. The van der Waals surface area contributed by atoms with Crippen molar-refractivity contribution in [2.24, 2.45) is 0 Å². The zero-order chi connectivity index (χ0) is 18.6. The summed E-state index contributed by atoms with van der Waals surface area (Å²) in [7, 11) is 0. The van der Waals surface area contributed by atoms with Gasteiger partial charge < -0.3 is 9.64 Å². The molecule has 0 radical (unpaired) electrons. The van der Waals surface area contributed by atoms with E-state index in [0.29, 0.717) is 37.1 Å². The van der Waals surface area contributed by atoms with Crippen molar-refractivity contribution in [3.63, 3.8) is 0 Å². The van der Waals surface area contributed by atoms with Crippen molar-refractivity contribution < 1.29 is 13.9 Å². The summed E-state index contributed by atoms with van der Waals surface area (Å²) in [6, 6.07) is 5.76. The molecule has 0 saturated carbocycles. The molecule has 8 nitrogen and oxygen atoms in total. The zero-order valence-corrected chi connectivity index (χ0v) is 15.1. The van der Waals surface area contributed by atoms with Gasteiger partial charge in [0.05, 0.1) is 13.2 Å². The first-order valence-corrected chi connectivity index (χ1v) is 9.20. The number of rotatable bonds is 4. The van der Waals surface area contributed by atoms with Gasteiger partial charge in [0.1, 0.15) is 24.0 Å². The minimum absolute atomic E-state index is 0.261. The topological polar surface area (TPSA) is 96.0 Å². The minimum atomic E-state index is -0.320. The van der Waals surface area contributed by atoms with E-state index in [-0.39, 0.29) is 17.9 Å². The zero-order valence-electron chi connectivity index (χ0n) is 14.3. The standard InChI is InChI=1S/C17H17FN6O2S/c18-12-3-1-11(2-4-12)7-13-8-19-16(27-13)22-17(25)24-5-6-26-9-14(24)15-20-10-21-23-15/h1-4,8,10,14H,5-7,9H2,(H,19,22,25)(H,20,21,23). The molecule has 2 amide bonds. The second kappa shape index (κ2) is 7.80. The molecule has 3 heterocycles. The van der Waals surface area contributed by atoms with E-state index in [2.05, 4.69) is 25.5 Å². The number of hydrogen-bond donors (Lipinski definition) is 2. The number of anilines is 1. The highest BCUT2D eigenvalue weighted by atomic mass is 32.1. The van der Waals surface area contributed by atoms with Gasteiger partial charge in [-0.05, 0) is 17.7 Å². The van der Waals surface area contributed by atoms with E-state index in [1.807, 2.05) is 0 Å². The minimum Gasteiger partial charge on any atom is -0.377 e. The van der Waals surface area contributed by atoms with Crippen LogP contribution >= 0.6 is 11.3 Å². The van der Waals surface area contributed by atoms with Crippen LogP contribution in [0.25, 0.3) is 0 Å². The number of thiazole rings is 1. The number of carbonyl (C=O) groups excluding carboxylic acids is 1. The van der Waals surface area contributed by atoms with E-state index in [9.17, 15) is 9.18 Å². The lowest BCUT2D eigenvalue weighted by Crippen LogP contribution is -2.45. The Bertz CT molecular complexity index is 899. The third-order valence-corrected chi connectivity index (χ3v) is 5.11. The summed E-state index contributed by atoms with van der Waals surface area (Å²) in [6.07, 6.45) is 3.76. The first kappa shape index (κ1) is 17.6. The molecule has 0 spiro atoms. The lowest BCUT2D eigenvalue weighted by Gasteiger charge is -2.33. The normalized spacial score (nSPS) is 17.1. The number of H-pyrrole nitrogens is 1. The van der Waals surface area contributed by atoms with Gasteiger partial charge in [-0.15, -0.1) is 11.3 Å². The third-order valence-electron chi connectivity index (χ3n) is 4.20. The molecule has 1 fully saturated rings. The molecule has 1 aliphatic rings. The van der Waals surface area contributed by atoms with Gasteiger partial charge in [0, 0.05) is 24.0 Å². The quantitative estimate of drug-likeness (QED) is 0.716. The van der Waals surface area contributed by atoms with Crippen LogP contribution in [0, 0.1) is 5.82 Å². The number of aromatic amines is 1. The first-order valence-electron chi connectivity index (χ1n) is 8.39. The van der Waals surface area contributed by atoms with Crippen LogP contribution in [0.5, 0.6) is 0 Å². The van der Waals surface area contributed by atoms with E-state index in [0.717, 1.165) is 10.4 Å². The predicted molar refractivity (Wildman–Crippen MR) is 97.0 cm³/mol. The van der Waals surface area contributed by atoms with Crippen LogP contribution < -0.4 is 5.32 Å². The second-order valence-electron chi connectivity index (χ2n) is 6.02. The molecule has 140 valence electrons. The van der Waals surface area contributed by atoms with Crippen molar-refractivity contribution in [3.05, 3.63) is 58.9 Å². The monoisotopic (exact) mass is 388 g/mol. The molecule has 1 atom stereocenters. The van der Waals surface area contributed by atoms with Crippen molar-refractivity contribution >= 4 is 22.5 Å². The van der Waals surface area contributed by atoms with E-state index in [1.165, 1.54) is 29.8 Å². The number of ether oxygens (including phenoxy) is 1. The highest BCUT2D eigenvalue weighted by Crippen LogP contribution is 2.25. The summed E-state index contributed by atoms with van der Waals surface area (Å²) in [5.41, 5.74) is 0.983. The Hall–Kier alpha value is -2.85. The number of carbonyl (C=O) groups is 1. The average molecular weight is 388 g/mol. The van der Waals surface area contributed by atoms with E-state index in [1.54, 1.807) is 23.2 Å². The summed E-state index contributed by atoms with van der Waals surface area (Å²) in [4.78, 5) is 23.7. The Kier molecular flexibility index (Phi) is 5.07. The Labute approximate surface area is 158 Å². The average Bonchev–Trinajstić information content (AvgIpc) is 3.36. The molecule has 0 bridgehead atoms. The molecule has 1 aliphatic heterocycles. The van der Waals surface area contributed by atoms with Crippen molar-refractivity contribution in [1.82, 2.24) is 25.1 Å². The fourth-order valence-electron chi connectivity index (χ4n) is 2.86.